The minimum atomic E-state index is -0.124. The van der Waals surface area contributed by atoms with Crippen molar-refractivity contribution in [3.8, 4) is 0 Å². The Hall–Kier alpha value is -0.310. The van der Waals surface area contributed by atoms with Crippen molar-refractivity contribution in [2.45, 2.75) is 30.7 Å². The summed E-state index contributed by atoms with van der Waals surface area (Å²) in [5, 5.41) is 0. The zero-order chi connectivity index (χ0) is 8.27. The molecule has 0 amide bonds. The van der Waals surface area contributed by atoms with Gasteiger partial charge in [0.1, 0.15) is 6.10 Å². The summed E-state index contributed by atoms with van der Waals surface area (Å²) in [4.78, 5) is 11.2. The first kappa shape index (κ1) is 8.78. The van der Waals surface area contributed by atoms with Crippen LogP contribution in [0, 0.1) is 0 Å². The Morgan fingerprint density at radius 2 is 2.45 bits per heavy atom. The van der Waals surface area contributed by atoms with Gasteiger partial charge in [0.15, 0.2) is 0 Å². The minimum absolute atomic E-state index is 0.00757. The number of ether oxygens (including phenoxy) is 1. The van der Waals surface area contributed by atoms with Crippen LogP contribution in [0.2, 0.25) is 0 Å². The van der Waals surface area contributed by atoms with Crippen LogP contribution >= 0.6 is 15.9 Å². The van der Waals surface area contributed by atoms with Crippen LogP contribution in [0.25, 0.3) is 0 Å². The number of alkyl halides is 1. The van der Waals surface area contributed by atoms with E-state index < -0.39 is 0 Å². The largest absolute Gasteiger partial charge is 0.458 e. The van der Waals surface area contributed by atoms with E-state index in [1.54, 1.807) is 6.92 Å². The Bertz CT molecular complexity index is 177. The van der Waals surface area contributed by atoms with Gasteiger partial charge in [-0.15, -0.1) is 0 Å². The van der Waals surface area contributed by atoms with Crippen LogP contribution in [0.15, 0.2) is 12.2 Å². The summed E-state index contributed by atoms with van der Waals surface area (Å²) in [5.41, 5.74) is 0. The van der Waals surface area contributed by atoms with E-state index in [-0.39, 0.29) is 12.1 Å². The molecule has 1 aliphatic carbocycles. The lowest BCUT2D eigenvalue weighted by atomic mass is 10.3. The van der Waals surface area contributed by atoms with Gasteiger partial charge in [-0.25, -0.2) is 0 Å². The van der Waals surface area contributed by atoms with Gasteiger partial charge in [0.05, 0.1) is 0 Å². The van der Waals surface area contributed by atoms with Crippen LogP contribution in [0.1, 0.15) is 19.8 Å². The predicted octanol–water partition coefficient (Wildman–Crippen LogP) is 2.03. The van der Waals surface area contributed by atoms with Crippen LogP contribution in [-0.2, 0) is 9.53 Å². The first-order chi connectivity index (χ1) is 5.22. The van der Waals surface area contributed by atoms with E-state index in [0.717, 1.165) is 6.42 Å². The Morgan fingerprint density at radius 1 is 1.73 bits per heavy atom. The highest BCUT2D eigenvalue weighted by molar-refractivity contribution is 9.09. The number of carbonyl (C=O) groups is 1. The zero-order valence-electron chi connectivity index (χ0n) is 6.42. The van der Waals surface area contributed by atoms with Crippen molar-refractivity contribution in [2.75, 3.05) is 0 Å². The Morgan fingerprint density at radius 3 is 2.91 bits per heavy atom. The number of rotatable bonds is 2. The highest BCUT2D eigenvalue weighted by Crippen LogP contribution is 2.20. The molecule has 0 saturated heterocycles. The summed E-state index contributed by atoms with van der Waals surface area (Å²) in [6.07, 6.45) is 5.25. The minimum Gasteiger partial charge on any atom is -0.458 e. The summed E-state index contributed by atoms with van der Waals surface area (Å²) in [5.74, 6) is -0.124. The number of carbonyl (C=O) groups excluding carboxylic acids is 1. The first-order valence-corrected chi connectivity index (χ1v) is 4.66. The van der Waals surface area contributed by atoms with Crippen LogP contribution in [0.5, 0.6) is 0 Å². The van der Waals surface area contributed by atoms with Crippen molar-refractivity contribution in [1.29, 1.82) is 0 Å². The summed E-state index contributed by atoms with van der Waals surface area (Å²) < 4.78 is 5.08. The van der Waals surface area contributed by atoms with E-state index in [1.807, 2.05) is 12.2 Å². The summed E-state index contributed by atoms with van der Waals surface area (Å²) in [6, 6.07) is 0. The molecule has 0 N–H and O–H groups in total. The standard InChI is InChI=1S/C8H11BrO2/c1-2-8(10)11-7-4-3-6(9)5-7/h3-4,6-7H,2,5H2,1H3. The second-order valence-electron chi connectivity index (χ2n) is 2.52. The lowest BCUT2D eigenvalue weighted by Crippen LogP contribution is -2.14. The number of esters is 1. The number of halogens is 1. The molecule has 2 atom stereocenters. The smallest absolute Gasteiger partial charge is 0.306 e. The molecule has 0 saturated carbocycles. The molecule has 3 heteroatoms. The van der Waals surface area contributed by atoms with E-state index in [4.69, 9.17) is 4.74 Å². The first-order valence-electron chi connectivity index (χ1n) is 3.74. The monoisotopic (exact) mass is 218 g/mol. The maximum Gasteiger partial charge on any atom is 0.306 e. The molecular formula is C8H11BrO2. The fourth-order valence-electron chi connectivity index (χ4n) is 0.963. The Balaban J connectivity index is 2.29. The van der Waals surface area contributed by atoms with Gasteiger partial charge in [0, 0.05) is 17.7 Å². The van der Waals surface area contributed by atoms with Crippen LogP contribution in [0.3, 0.4) is 0 Å². The van der Waals surface area contributed by atoms with Crippen molar-refractivity contribution in [2.24, 2.45) is 0 Å². The normalized spacial score (nSPS) is 28.9. The fourth-order valence-corrected chi connectivity index (χ4v) is 1.51. The molecule has 0 aliphatic heterocycles. The van der Waals surface area contributed by atoms with E-state index >= 15 is 0 Å². The molecule has 2 nitrogen and oxygen atoms in total. The molecule has 0 aromatic heterocycles. The van der Waals surface area contributed by atoms with Crippen LogP contribution in [0.4, 0.5) is 0 Å². The average Bonchev–Trinajstić information content (AvgIpc) is 2.35. The molecule has 0 spiro atoms. The summed E-state index contributed by atoms with van der Waals surface area (Å²) in [7, 11) is 0. The third-order valence-electron chi connectivity index (χ3n) is 1.56. The molecular weight excluding hydrogens is 208 g/mol. The third-order valence-corrected chi connectivity index (χ3v) is 2.24. The Labute approximate surface area is 74.7 Å². The molecule has 0 heterocycles. The van der Waals surface area contributed by atoms with Crippen LogP contribution in [-0.4, -0.2) is 16.9 Å². The van der Waals surface area contributed by atoms with E-state index in [1.165, 1.54) is 0 Å². The maximum absolute atomic E-state index is 10.8. The second kappa shape index (κ2) is 3.90. The fraction of sp³-hybridized carbons (Fsp3) is 0.625. The van der Waals surface area contributed by atoms with E-state index in [2.05, 4.69) is 15.9 Å². The Kier molecular flexibility index (Phi) is 3.12. The molecule has 62 valence electrons. The van der Waals surface area contributed by atoms with Gasteiger partial charge in [-0.05, 0) is 6.08 Å². The molecule has 11 heavy (non-hydrogen) atoms. The SMILES string of the molecule is CCC(=O)OC1C=CC(Br)C1. The van der Waals surface area contributed by atoms with Crippen molar-refractivity contribution < 1.29 is 9.53 Å². The quantitative estimate of drug-likeness (QED) is 0.403. The van der Waals surface area contributed by atoms with Crippen molar-refractivity contribution in [3.63, 3.8) is 0 Å². The molecule has 0 aromatic carbocycles. The highest BCUT2D eigenvalue weighted by atomic mass is 79.9. The summed E-state index contributed by atoms with van der Waals surface area (Å²) >= 11 is 3.41. The lowest BCUT2D eigenvalue weighted by molar-refractivity contribution is -0.146. The molecule has 0 radical (unpaired) electrons. The maximum atomic E-state index is 10.8. The van der Waals surface area contributed by atoms with Gasteiger partial charge in [-0.3, -0.25) is 4.79 Å². The second-order valence-corrected chi connectivity index (χ2v) is 3.69. The third kappa shape index (κ3) is 2.66. The zero-order valence-corrected chi connectivity index (χ0v) is 8.00. The van der Waals surface area contributed by atoms with Gasteiger partial charge >= 0.3 is 5.97 Å². The number of hydrogen-bond acceptors (Lipinski definition) is 2. The predicted molar refractivity (Wildman–Crippen MR) is 46.6 cm³/mol. The van der Waals surface area contributed by atoms with Crippen molar-refractivity contribution in [1.82, 2.24) is 0 Å². The molecule has 0 fully saturated rings. The molecule has 1 aliphatic rings. The number of hydrogen-bond donors (Lipinski definition) is 0. The molecule has 0 bridgehead atoms. The van der Waals surface area contributed by atoms with E-state index in [9.17, 15) is 4.79 Å². The van der Waals surface area contributed by atoms with Crippen LogP contribution < -0.4 is 0 Å². The number of allylic oxidation sites excluding steroid dienone is 1. The van der Waals surface area contributed by atoms with E-state index in [0.29, 0.717) is 11.2 Å². The average molecular weight is 219 g/mol. The molecule has 2 unspecified atom stereocenters. The van der Waals surface area contributed by atoms with Gasteiger partial charge in [0.2, 0.25) is 0 Å². The van der Waals surface area contributed by atoms with Gasteiger partial charge in [-0.1, -0.05) is 28.9 Å². The topological polar surface area (TPSA) is 26.3 Å². The van der Waals surface area contributed by atoms with Crippen molar-refractivity contribution in [3.05, 3.63) is 12.2 Å². The van der Waals surface area contributed by atoms with Gasteiger partial charge in [-0.2, -0.15) is 0 Å². The lowest BCUT2D eigenvalue weighted by Gasteiger charge is -2.09. The summed E-state index contributed by atoms with van der Waals surface area (Å²) in [6.45, 7) is 1.80. The van der Waals surface area contributed by atoms with Crippen molar-refractivity contribution >= 4 is 21.9 Å². The van der Waals surface area contributed by atoms with Gasteiger partial charge in [0.25, 0.3) is 0 Å². The highest BCUT2D eigenvalue weighted by Gasteiger charge is 2.18. The molecule has 0 aromatic rings. The molecule has 1 rings (SSSR count). The van der Waals surface area contributed by atoms with Gasteiger partial charge < -0.3 is 4.74 Å².